The first-order valence-corrected chi connectivity index (χ1v) is 8.38. The lowest BCUT2D eigenvalue weighted by atomic mass is 10.0. The number of alkyl halides is 3. The summed E-state index contributed by atoms with van der Waals surface area (Å²) < 4.78 is 48.7. The van der Waals surface area contributed by atoms with Crippen LogP contribution in [0.25, 0.3) is 0 Å². The standard InChI is InChI=1S/C19H17F3N2O4/c1-11(12-3-2-4-14(7-12)19(20,21)22)24-17(25)9-23-18(26)13-5-6-15-16(8-13)28-10-27-15/h2-8,11H,9-10H2,1H3,(H,23,26)(H,24,25). The molecule has 28 heavy (non-hydrogen) atoms. The summed E-state index contributed by atoms with van der Waals surface area (Å²) in [5, 5.41) is 5.01. The topological polar surface area (TPSA) is 76.7 Å². The Labute approximate surface area is 158 Å². The predicted octanol–water partition coefficient (Wildman–Crippen LogP) is 3.04. The summed E-state index contributed by atoms with van der Waals surface area (Å²) in [6.07, 6.45) is -4.46. The molecule has 0 bridgehead atoms. The minimum atomic E-state index is -4.46. The van der Waals surface area contributed by atoms with Crippen LogP contribution < -0.4 is 20.1 Å². The largest absolute Gasteiger partial charge is 0.454 e. The zero-order valence-corrected chi connectivity index (χ0v) is 14.8. The quantitative estimate of drug-likeness (QED) is 0.817. The van der Waals surface area contributed by atoms with Gasteiger partial charge in [0.2, 0.25) is 12.7 Å². The molecule has 2 aromatic rings. The van der Waals surface area contributed by atoms with Crippen LogP contribution in [0.5, 0.6) is 11.5 Å². The Morgan fingerprint density at radius 1 is 1.11 bits per heavy atom. The van der Waals surface area contributed by atoms with Crippen molar-refractivity contribution in [3.8, 4) is 11.5 Å². The summed E-state index contributed by atoms with van der Waals surface area (Å²) in [6.45, 7) is 1.32. The van der Waals surface area contributed by atoms with Crippen LogP contribution in [0, 0.1) is 0 Å². The van der Waals surface area contributed by atoms with Crippen molar-refractivity contribution < 1.29 is 32.2 Å². The van der Waals surface area contributed by atoms with Crippen molar-refractivity contribution in [2.45, 2.75) is 19.1 Å². The lowest BCUT2D eigenvalue weighted by Gasteiger charge is -2.16. The van der Waals surface area contributed by atoms with E-state index < -0.39 is 29.6 Å². The summed E-state index contributed by atoms with van der Waals surface area (Å²) in [4.78, 5) is 24.2. The molecule has 2 amide bonds. The maximum absolute atomic E-state index is 12.8. The van der Waals surface area contributed by atoms with E-state index in [1.54, 1.807) is 13.0 Å². The molecular formula is C19H17F3N2O4. The van der Waals surface area contributed by atoms with Gasteiger partial charge in [0.1, 0.15) is 0 Å². The van der Waals surface area contributed by atoms with Crippen LogP contribution >= 0.6 is 0 Å². The summed E-state index contributed by atoms with van der Waals surface area (Å²) in [7, 11) is 0. The molecule has 0 saturated carbocycles. The number of amides is 2. The third-order valence-corrected chi connectivity index (χ3v) is 4.14. The minimum absolute atomic E-state index is 0.0796. The Balaban J connectivity index is 1.55. The zero-order valence-electron chi connectivity index (χ0n) is 14.8. The highest BCUT2D eigenvalue weighted by molar-refractivity contribution is 5.97. The van der Waals surface area contributed by atoms with Gasteiger partial charge in [0.15, 0.2) is 11.5 Å². The van der Waals surface area contributed by atoms with E-state index in [0.29, 0.717) is 22.6 Å². The molecular weight excluding hydrogens is 377 g/mol. The first-order chi connectivity index (χ1) is 13.2. The summed E-state index contributed by atoms with van der Waals surface area (Å²) in [6, 6.07) is 8.69. The molecule has 1 unspecified atom stereocenters. The Morgan fingerprint density at radius 3 is 2.61 bits per heavy atom. The van der Waals surface area contributed by atoms with Gasteiger partial charge in [-0.1, -0.05) is 12.1 Å². The molecule has 1 aliphatic heterocycles. The number of halogens is 3. The average molecular weight is 394 g/mol. The molecule has 1 atom stereocenters. The third-order valence-electron chi connectivity index (χ3n) is 4.14. The van der Waals surface area contributed by atoms with Gasteiger partial charge in [0.25, 0.3) is 5.91 Å². The highest BCUT2D eigenvalue weighted by Crippen LogP contribution is 2.32. The normalized spacial score (nSPS) is 13.7. The van der Waals surface area contributed by atoms with Crippen LogP contribution in [-0.2, 0) is 11.0 Å². The van der Waals surface area contributed by atoms with E-state index in [4.69, 9.17) is 9.47 Å². The van der Waals surface area contributed by atoms with Crippen LogP contribution in [0.1, 0.15) is 34.5 Å². The SMILES string of the molecule is CC(NC(=O)CNC(=O)c1ccc2c(c1)OCO2)c1cccc(C(F)(F)F)c1. The van der Waals surface area contributed by atoms with Gasteiger partial charge in [-0.15, -0.1) is 0 Å². The van der Waals surface area contributed by atoms with Crippen molar-refractivity contribution in [1.82, 2.24) is 10.6 Å². The molecule has 0 aliphatic carbocycles. The van der Waals surface area contributed by atoms with Crippen molar-refractivity contribution in [3.05, 3.63) is 59.2 Å². The van der Waals surface area contributed by atoms with Crippen LogP contribution in [-0.4, -0.2) is 25.2 Å². The monoisotopic (exact) mass is 394 g/mol. The molecule has 0 aromatic heterocycles. The lowest BCUT2D eigenvalue weighted by molar-refractivity contribution is -0.137. The number of hydrogen-bond donors (Lipinski definition) is 2. The van der Waals surface area contributed by atoms with Gasteiger partial charge in [-0.05, 0) is 42.8 Å². The highest BCUT2D eigenvalue weighted by Gasteiger charge is 2.30. The van der Waals surface area contributed by atoms with Crippen molar-refractivity contribution in [2.24, 2.45) is 0 Å². The number of carbonyl (C=O) groups excluding carboxylic acids is 2. The number of hydrogen-bond acceptors (Lipinski definition) is 4. The summed E-state index contributed by atoms with van der Waals surface area (Å²) in [5.41, 5.74) is -0.185. The Morgan fingerprint density at radius 2 is 1.86 bits per heavy atom. The predicted molar refractivity (Wildman–Crippen MR) is 92.9 cm³/mol. The van der Waals surface area contributed by atoms with Crippen molar-refractivity contribution in [3.63, 3.8) is 0 Å². The van der Waals surface area contributed by atoms with E-state index in [2.05, 4.69) is 10.6 Å². The number of fused-ring (bicyclic) bond motifs is 1. The highest BCUT2D eigenvalue weighted by atomic mass is 19.4. The first kappa shape index (κ1) is 19.5. The Hall–Kier alpha value is -3.23. The van der Waals surface area contributed by atoms with Gasteiger partial charge in [0.05, 0.1) is 18.2 Å². The molecule has 3 rings (SSSR count). The first-order valence-electron chi connectivity index (χ1n) is 8.38. The molecule has 2 aromatic carbocycles. The van der Waals surface area contributed by atoms with Crippen LogP contribution in [0.2, 0.25) is 0 Å². The van der Waals surface area contributed by atoms with Crippen LogP contribution in [0.3, 0.4) is 0 Å². The second kappa shape index (κ2) is 7.79. The van der Waals surface area contributed by atoms with E-state index in [0.717, 1.165) is 12.1 Å². The number of nitrogens with one attached hydrogen (secondary N) is 2. The Bertz CT molecular complexity index is 899. The Kier molecular flexibility index (Phi) is 5.43. The minimum Gasteiger partial charge on any atom is -0.454 e. The van der Waals surface area contributed by atoms with E-state index in [-0.39, 0.29) is 13.3 Å². The second-order valence-electron chi connectivity index (χ2n) is 6.16. The molecule has 0 fully saturated rings. The van der Waals surface area contributed by atoms with Gasteiger partial charge in [-0.3, -0.25) is 9.59 Å². The van der Waals surface area contributed by atoms with E-state index in [1.807, 2.05) is 0 Å². The van der Waals surface area contributed by atoms with Gasteiger partial charge in [-0.2, -0.15) is 13.2 Å². The fourth-order valence-electron chi connectivity index (χ4n) is 2.66. The molecule has 0 saturated heterocycles. The molecule has 6 nitrogen and oxygen atoms in total. The van der Waals surface area contributed by atoms with Gasteiger partial charge in [-0.25, -0.2) is 0 Å². The van der Waals surface area contributed by atoms with Crippen LogP contribution in [0.15, 0.2) is 42.5 Å². The van der Waals surface area contributed by atoms with Crippen molar-refractivity contribution in [1.29, 1.82) is 0 Å². The summed E-state index contributed by atoms with van der Waals surface area (Å²) >= 11 is 0. The average Bonchev–Trinajstić information content (AvgIpc) is 3.13. The smallest absolute Gasteiger partial charge is 0.416 e. The fourth-order valence-corrected chi connectivity index (χ4v) is 2.66. The molecule has 0 radical (unpaired) electrons. The zero-order chi connectivity index (χ0) is 20.3. The fraction of sp³-hybridized carbons (Fsp3) is 0.263. The number of benzene rings is 2. The van der Waals surface area contributed by atoms with E-state index >= 15 is 0 Å². The molecule has 1 heterocycles. The molecule has 0 spiro atoms. The van der Waals surface area contributed by atoms with Gasteiger partial charge >= 0.3 is 6.18 Å². The molecule has 2 N–H and O–H groups in total. The maximum atomic E-state index is 12.8. The van der Waals surface area contributed by atoms with E-state index in [1.165, 1.54) is 24.3 Å². The third kappa shape index (κ3) is 4.54. The molecule has 148 valence electrons. The van der Waals surface area contributed by atoms with Crippen LogP contribution in [0.4, 0.5) is 13.2 Å². The van der Waals surface area contributed by atoms with Crippen molar-refractivity contribution in [2.75, 3.05) is 13.3 Å². The number of rotatable bonds is 5. The maximum Gasteiger partial charge on any atom is 0.416 e. The summed E-state index contributed by atoms with van der Waals surface area (Å²) in [5.74, 6) is -0.0429. The molecule has 9 heteroatoms. The van der Waals surface area contributed by atoms with Gasteiger partial charge < -0.3 is 20.1 Å². The second-order valence-corrected chi connectivity index (χ2v) is 6.16. The van der Waals surface area contributed by atoms with E-state index in [9.17, 15) is 22.8 Å². The van der Waals surface area contributed by atoms with Crippen molar-refractivity contribution >= 4 is 11.8 Å². The number of carbonyl (C=O) groups is 2. The molecule has 1 aliphatic rings. The lowest BCUT2D eigenvalue weighted by Crippen LogP contribution is -2.38. The number of ether oxygens (including phenoxy) is 2. The van der Waals surface area contributed by atoms with Gasteiger partial charge in [0, 0.05) is 5.56 Å².